The molecule has 1 fully saturated rings. The number of rotatable bonds is 1. The average molecular weight is 386 g/mol. The van der Waals surface area contributed by atoms with Crippen LogP contribution in [-0.4, -0.2) is 47.3 Å². The van der Waals surface area contributed by atoms with E-state index in [2.05, 4.69) is 22.6 Å². The second kappa shape index (κ2) is 5.35. The summed E-state index contributed by atoms with van der Waals surface area (Å²) in [4.78, 5) is 28.4. The summed E-state index contributed by atoms with van der Waals surface area (Å²) in [5.74, 6) is -0.0793. The quantitative estimate of drug-likeness (QED) is 0.695. The maximum atomic E-state index is 12.8. The molecule has 1 aliphatic heterocycles. The molecule has 0 N–H and O–H groups in total. The van der Waals surface area contributed by atoms with Crippen molar-refractivity contribution in [2.45, 2.75) is 26.3 Å². The average Bonchev–Trinajstić information content (AvgIpc) is 2.39. The molecule has 0 unspecified atom stereocenters. The molecule has 0 spiro atoms. The van der Waals surface area contributed by atoms with Gasteiger partial charge in [-0.3, -0.25) is 9.59 Å². The van der Waals surface area contributed by atoms with Crippen LogP contribution in [0.4, 0.5) is 0 Å². The Labute approximate surface area is 133 Å². The van der Waals surface area contributed by atoms with E-state index in [9.17, 15) is 9.59 Å². The first-order valence-electron chi connectivity index (χ1n) is 6.59. The van der Waals surface area contributed by atoms with Crippen LogP contribution >= 0.6 is 22.6 Å². The molecule has 0 bridgehead atoms. The van der Waals surface area contributed by atoms with Crippen molar-refractivity contribution >= 4 is 34.4 Å². The van der Waals surface area contributed by atoms with Gasteiger partial charge in [-0.1, -0.05) is 12.1 Å². The predicted octanol–water partition coefficient (Wildman–Crippen LogP) is 2.29. The number of likely N-dealkylation sites (N-methyl/N-ethyl adjacent to an activating group) is 1. The molecular weight excluding hydrogens is 367 g/mol. The van der Waals surface area contributed by atoms with Crippen molar-refractivity contribution in [3.63, 3.8) is 0 Å². The highest BCUT2D eigenvalue weighted by molar-refractivity contribution is 14.1. The second-order valence-corrected chi connectivity index (χ2v) is 6.76. The number of hydrogen-bond acceptors (Lipinski definition) is 2. The first-order valence-corrected chi connectivity index (χ1v) is 7.67. The molecule has 1 aromatic carbocycles. The lowest BCUT2D eigenvalue weighted by molar-refractivity contribution is -0.144. The molecule has 0 saturated carbocycles. The van der Waals surface area contributed by atoms with E-state index in [0.717, 1.165) is 9.13 Å². The summed E-state index contributed by atoms with van der Waals surface area (Å²) in [6, 6.07) is 5.70. The van der Waals surface area contributed by atoms with Gasteiger partial charge >= 0.3 is 0 Å². The van der Waals surface area contributed by atoms with Crippen molar-refractivity contribution in [1.82, 2.24) is 9.80 Å². The number of amides is 2. The summed E-state index contributed by atoms with van der Waals surface area (Å²) in [5, 5.41) is 0. The molecule has 5 heteroatoms. The molecular formula is C15H19IN2O2. The Balaban J connectivity index is 2.38. The fourth-order valence-corrected chi connectivity index (χ4v) is 3.12. The minimum Gasteiger partial charge on any atom is -0.342 e. The van der Waals surface area contributed by atoms with Crippen molar-refractivity contribution in [2.24, 2.45) is 0 Å². The van der Waals surface area contributed by atoms with Crippen molar-refractivity contribution in [3.05, 3.63) is 32.9 Å². The molecule has 2 rings (SSSR count). The molecule has 1 aromatic rings. The van der Waals surface area contributed by atoms with Gasteiger partial charge in [0.2, 0.25) is 5.91 Å². The lowest BCUT2D eigenvalue weighted by Gasteiger charge is -2.44. The Morgan fingerprint density at radius 3 is 2.60 bits per heavy atom. The van der Waals surface area contributed by atoms with Crippen molar-refractivity contribution in [1.29, 1.82) is 0 Å². The van der Waals surface area contributed by atoms with Gasteiger partial charge < -0.3 is 9.80 Å². The summed E-state index contributed by atoms with van der Waals surface area (Å²) in [5.41, 5.74) is 0.961. The van der Waals surface area contributed by atoms with Crippen LogP contribution in [0.1, 0.15) is 29.8 Å². The highest BCUT2D eigenvalue weighted by Crippen LogP contribution is 2.26. The summed E-state index contributed by atoms with van der Waals surface area (Å²) in [6.45, 7) is 6.75. The second-order valence-electron chi connectivity index (χ2n) is 5.68. The lowest BCUT2D eigenvalue weighted by atomic mass is 9.96. The maximum absolute atomic E-state index is 12.8. The molecule has 0 radical (unpaired) electrons. The van der Waals surface area contributed by atoms with Crippen LogP contribution in [0.5, 0.6) is 0 Å². The van der Waals surface area contributed by atoms with Gasteiger partial charge in [-0.2, -0.15) is 0 Å². The van der Waals surface area contributed by atoms with Crippen LogP contribution in [0.3, 0.4) is 0 Å². The molecule has 108 valence electrons. The number of aryl methyl sites for hydroxylation is 1. The summed E-state index contributed by atoms with van der Waals surface area (Å²) in [7, 11) is 1.78. The normalized spacial score (nSPS) is 18.4. The first kappa shape index (κ1) is 15.3. The van der Waals surface area contributed by atoms with Crippen molar-refractivity contribution < 1.29 is 9.59 Å². The van der Waals surface area contributed by atoms with Crippen molar-refractivity contribution in [3.8, 4) is 0 Å². The zero-order valence-electron chi connectivity index (χ0n) is 12.2. The van der Waals surface area contributed by atoms with E-state index in [1.54, 1.807) is 16.8 Å². The smallest absolute Gasteiger partial charge is 0.255 e. The van der Waals surface area contributed by atoms with E-state index in [-0.39, 0.29) is 11.8 Å². The third-order valence-corrected chi connectivity index (χ3v) is 5.30. The molecule has 1 aliphatic rings. The SMILES string of the molecule is Cc1cccc(C(=O)N2CCN(C)C(=O)C2(C)C)c1I. The van der Waals surface area contributed by atoms with Gasteiger partial charge in [0.25, 0.3) is 5.91 Å². The van der Waals surface area contributed by atoms with Gasteiger partial charge in [-0.25, -0.2) is 0 Å². The number of nitrogens with zero attached hydrogens (tertiary/aromatic N) is 2. The maximum Gasteiger partial charge on any atom is 0.255 e. The van der Waals surface area contributed by atoms with E-state index in [1.165, 1.54) is 0 Å². The highest BCUT2D eigenvalue weighted by atomic mass is 127. The number of benzene rings is 1. The van der Waals surface area contributed by atoms with Crippen LogP contribution in [0.2, 0.25) is 0 Å². The van der Waals surface area contributed by atoms with E-state index < -0.39 is 5.54 Å². The molecule has 20 heavy (non-hydrogen) atoms. The highest BCUT2D eigenvalue weighted by Gasteiger charge is 2.43. The Kier molecular flexibility index (Phi) is 4.09. The largest absolute Gasteiger partial charge is 0.342 e. The number of piperazine rings is 1. The standard InChI is InChI=1S/C15H19IN2O2/c1-10-6-5-7-11(12(10)16)13(19)18-9-8-17(4)14(20)15(18,2)3/h5-7H,8-9H2,1-4H3. The van der Waals surface area contributed by atoms with E-state index in [1.807, 2.05) is 39.0 Å². The molecule has 0 aromatic heterocycles. The summed E-state index contributed by atoms with van der Waals surface area (Å²) >= 11 is 2.19. The number of carbonyl (C=O) groups is 2. The summed E-state index contributed by atoms with van der Waals surface area (Å²) < 4.78 is 0.956. The Hall–Kier alpha value is -1.11. The number of carbonyl (C=O) groups excluding carboxylic acids is 2. The van der Waals surface area contributed by atoms with E-state index in [0.29, 0.717) is 18.7 Å². The Bertz CT molecular complexity index is 569. The first-order chi connectivity index (χ1) is 9.26. The van der Waals surface area contributed by atoms with Gasteiger partial charge in [0, 0.05) is 23.7 Å². The zero-order valence-corrected chi connectivity index (χ0v) is 14.4. The molecule has 1 saturated heterocycles. The van der Waals surface area contributed by atoms with Gasteiger partial charge in [-0.05, 0) is 55.0 Å². The van der Waals surface area contributed by atoms with Gasteiger partial charge in [0.15, 0.2) is 0 Å². The molecule has 2 amide bonds. The topological polar surface area (TPSA) is 40.6 Å². The minimum absolute atomic E-state index is 0.0141. The third-order valence-electron chi connectivity index (χ3n) is 3.87. The molecule has 0 aliphatic carbocycles. The monoisotopic (exact) mass is 386 g/mol. The minimum atomic E-state index is -0.795. The van der Waals surface area contributed by atoms with Crippen LogP contribution in [-0.2, 0) is 4.79 Å². The number of hydrogen-bond donors (Lipinski definition) is 0. The van der Waals surface area contributed by atoms with Crippen LogP contribution < -0.4 is 0 Å². The van der Waals surface area contributed by atoms with Crippen molar-refractivity contribution in [2.75, 3.05) is 20.1 Å². The third kappa shape index (κ3) is 2.43. The van der Waals surface area contributed by atoms with Crippen LogP contribution in [0.25, 0.3) is 0 Å². The fraction of sp³-hybridized carbons (Fsp3) is 0.467. The molecule has 0 atom stereocenters. The Morgan fingerprint density at radius 2 is 1.95 bits per heavy atom. The predicted molar refractivity (Wildman–Crippen MR) is 86.6 cm³/mol. The zero-order chi connectivity index (χ0) is 15.1. The van der Waals surface area contributed by atoms with Gasteiger partial charge in [0.1, 0.15) is 5.54 Å². The summed E-state index contributed by atoms with van der Waals surface area (Å²) in [6.07, 6.45) is 0. The van der Waals surface area contributed by atoms with Gasteiger partial charge in [0.05, 0.1) is 5.56 Å². The fourth-order valence-electron chi connectivity index (χ4n) is 2.53. The molecule has 4 nitrogen and oxygen atoms in total. The van der Waals surface area contributed by atoms with Crippen LogP contribution in [0, 0.1) is 10.5 Å². The van der Waals surface area contributed by atoms with E-state index >= 15 is 0 Å². The van der Waals surface area contributed by atoms with Gasteiger partial charge in [-0.15, -0.1) is 0 Å². The van der Waals surface area contributed by atoms with E-state index in [4.69, 9.17) is 0 Å². The van der Waals surface area contributed by atoms with Crippen LogP contribution in [0.15, 0.2) is 18.2 Å². The number of halogens is 1. The lowest BCUT2D eigenvalue weighted by Crippen LogP contribution is -2.63. The molecule has 1 heterocycles. The Morgan fingerprint density at radius 1 is 1.30 bits per heavy atom.